The van der Waals surface area contributed by atoms with Gasteiger partial charge in [0.25, 0.3) is 5.91 Å². The van der Waals surface area contributed by atoms with Gasteiger partial charge < -0.3 is 10.2 Å². The van der Waals surface area contributed by atoms with E-state index in [2.05, 4.69) is 5.32 Å². The lowest BCUT2D eigenvalue weighted by molar-refractivity contribution is -0.137. The third-order valence-electron chi connectivity index (χ3n) is 4.08. The van der Waals surface area contributed by atoms with Crippen LogP contribution in [0.25, 0.3) is 0 Å². The van der Waals surface area contributed by atoms with Gasteiger partial charge in [0.2, 0.25) is 5.91 Å². The van der Waals surface area contributed by atoms with Crippen LogP contribution in [-0.4, -0.2) is 53.3 Å². The number of nitrogens with zero attached hydrogens (tertiary/aromatic N) is 2. The van der Waals surface area contributed by atoms with Gasteiger partial charge in [0, 0.05) is 13.1 Å². The number of benzene rings is 1. The van der Waals surface area contributed by atoms with Crippen LogP contribution in [-0.2, 0) is 16.0 Å². The summed E-state index contributed by atoms with van der Waals surface area (Å²) in [6, 6.07) is 8.78. The predicted molar refractivity (Wildman–Crippen MR) is 86.7 cm³/mol. The van der Waals surface area contributed by atoms with Gasteiger partial charge in [-0.1, -0.05) is 30.3 Å². The van der Waals surface area contributed by atoms with E-state index in [-0.39, 0.29) is 18.4 Å². The largest absolute Gasteiger partial charge is 0.342 e. The summed E-state index contributed by atoms with van der Waals surface area (Å²) >= 11 is 0. The van der Waals surface area contributed by atoms with Crippen molar-refractivity contribution >= 4 is 17.8 Å². The van der Waals surface area contributed by atoms with E-state index in [1.54, 1.807) is 4.90 Å². The maximum Gasteiger partial charge on any atom is 0.325 e. The van der Waals surface area contributed by atoms with Crippen molar-refractivity contribution in [3.05, 3.63) is 35.9 Å². The number of aryl methyl sites for hydroxylation is 1. The predicted octanol–water partition coefficient (Wildman–Crippen LogP) is 1.41. The minimum absolute atomic E-state index is 0.186. The summed E-state index contributed by atoms with van der Waals surface area (Å²) in [5, 5.41) is 2.67. The van der Waals surface area contributed by atoms with Crippen molar-refractivity contribution in [3.63, 3.8) is 0 Å². The molecule has 1 aliphatic rings. The number of likely N-dealkylation sites (N-methyl/N-ethyl adjacent to an activating group) is 1. The molecule has 2 rings (SSSR count). The molecule has 0 saturated carbocycles. The van der Waals surface area contributed by atoms with Crippen LogP contribution in [0.4, 0.5) is 4.79 Å². The van der Waals surface area contributed by atoms with E-state index < -0.39 is 12.1 Å². The van der Waals surface area contributed by atoms with Crippen molar-refractivity contribution in [2.24, 2.45) is 0 Å². The molecule has 6 heteroatoms. The highest BCUT2D eigenvalue weighted by Crippen LogP contribution is 2.13. The quantitative estimate of drug-likeness (QED) is 0.773. The van der Waals surface area contributed by atoms with Gasteiger partial charge in [0.15, 0.2) is 0 Å². The second-order valence-electron chi connectivity index (χ2n) is 5.52. The van der Waals surface area contributed by atoms with Gasteiger partial charge >= 0.3 is 6.03 Å². The SMILES string of the molecule is CCN(CC)C(=O)CN1C(=O)N[C@H](CCc2ccccc2)C1=O. The van der Waals surface area contributed by atoms with E-state index in [0.717, 1.165) is 10.5 Å². The fourth-order valence-corrected chi connectivity index (χ4v) is 2.69. The number of carbonyl (C=O) groups excluding carboxylic acids is 3. The maximum atomic E-state index is 12.3. The number of hydrogen-bond acceptors (Lipinski definition) is 3. The Labute approximate surface area is 136 Å². The van der Waals surface area contributed by atoms with Crippen molar-refractivity contribution < 1.29 is 14.4 Å². The lowest BCUT2D eigenvalue weighted by Crippen LogP contribution is -2.43. The average molecular weight is 317 g/mol. The number of rotatable bonds is 7. The monoisotopic (exact) mass is 317 g/mol. The molecule has 4 amide bonds. The molecule has 1 aliphatic heterocycles. The summed E-state index contributed by atoms with van der Waals surface area (Å²) in [6.45, 7) is 4.69. The van der Waals surface area contributed by atoms with Gasteiger partial charge in [0.1, 0.15) is 12.6 Å². The molecule has 1 aromatic rings. The lowest BCUT2D eigenvalue weighted by atomic mass is 10.1. The topological polar surface area (TPSA) is 69.7 Å². The summed E-state index contributed by atoms with van der Waals surface area (Å²) in [5.41, 5.74) is 1.12. The zero-order valence-electron chi connectivity index (χ0n) is 13.6. The van der Waals surface area contributed by atoms with Crippen LogP contribution in [0, 0.1) is 0 Å². The fourth-order valence-electron chi connectivity index (χ4n) is 2.69. The second-order valence-corrected chi connectivity index (χ2v) is 5.52. The number of hydrogen-bond donors (Lipinski definition) is 1. The molecule has 1 N–H and O–H groups in total. The molecule has 1 saturated heterocycles. The minimum Gasteiger partial charge on any atom is -0.342 e. The number of nitrogens with one attached hydrogen (secondary N) is 1. The lowest BCUT2D eigenvalue weighted by Gasteiger charge is -2.21. The highest BCUT2D eigenvalue weighted by Gasteiger charge is 2.38. The van der Waals surface area contributed by atoms with Crippen LogP contribution in [0.1, 0.15) is 25.8 Å². The molecule has 1 heterocycles. The Hall–Kier alpha value is -2.37. The second kappa shape index (κ2) is 7.76. The van der Waals surface area contributed by atoms with Gasteiger partial charge in [-0.2, -0.15) is 0 Å². The summed E-state index contributed by atoms with van der Waals surface area (Å²) < 4.78 is 0. The summed E-state index contributed by atoms with van der Waals surface area (Å²) in [7, 11) is 0. The minimum atomic E-state index is -0.549. The number of carbonyl (C=O) groups is 3. The van der Waals surface area contributed by atoms with Crippen molar-refractivity contribution in [2.75, 3.05) is 19.6 Å². The first-order chi connectivity index (χ1) is 11.1. The third-order valence-corrected chi connectivity index (χ3v) is 4.08. The standard InChI is InChI=1S/C17H23N3O3/c1-3-19(4-2)15(21)12-20-16(22)14(18-17(20)23)11-10-13-8-6-5-7-9-13/h5-9,14H,3-4,10-12H2,1-2H3,(H,18,23)/t14-/m1/s1. The van der Waals surface area contributed by atoms with Crippen LogP contribution < -0.4 is 5.32 Å². The summed E-state index contributed by atoms with van der Waals surface area (Å²) in [5.74, 6) is -0.520. The van der Waals surface area contributed by atoms with E-state index in [0.29, 0.717) is 25.9 Å². The van der Waals surface area contributed by atoms with Crippen molar-refractivity contribution in [3.8, 4) is 0 Å². The maximum absolute atomic E-state index is 12.3. The van der Waals surface area contributed by atoms with Gasteiger partial charge in [-0.15, -0.1) is 0 Å². The van der Waals surface area contributed by atoms with E-state index in [4.69, 9.17) is 0 Å². The Morgan fingerprint density at radius 3 is 2.43 bits per heavy atom. The van der Waals surface area contributed by atoms with Crippen LogP contribution >= 0.6 is 0 Å². The first-order valence-electron chi connectivity index (χ1n) is 8.00. The zero-order valence-corrected chi connectivity index (χ0v) is 13.6. The Morgan fingerprint density at radius 2 is 1.83 bits per heavy atom. The van der Waals surface area contributed by atoms with E-state index in [1.807, 2.05) is 44.2 Å². The first-order valence-corrected chi connectivity index (χ1v) is 8.00. The molecule has 1 aromatic carbocycles. The Morgan fingerprint density at radius 1 is 1.17 bits per heavy atom. The third kappa shape index (κ3) is 4.09. The summed E-state index contributed by atoms with van der Waals surface area (Å²) in [4.78, 5) is 39.0. The first kappa shape index (κ1) is 17.0. The van der Waals surface area contributed by atoms with Crippen LogP contribution in [0.15, 0.2) is 30.3 Å². The fraction of sp³-hybridized carbons (Fsp3) is 0.471. The van der Waals surface area contributed by atoms with Crippen LogP contribution in [0.3, 0.4) is 0 Å². The highest BCUT2D eigenvalue weighted by molar-refractivity contribution is 6.06. The van der Waals surface area contributed by atoms with Gasteiger partial charge in [-0.25, -0.2) is 4.79 Å². The molecule has 0 bridgehead atoms. The van der Waals surface area contributed by atoms with Crippen molar-refractivity contribution in [2.45, 2.75) is 32.7 Å². The van der Waals surface area contributed by atoms with E-state index >= 15 is 0 Å². The number of urea groups is 1. The van der Waals surface area contributed by atoms with Crippen molar-refractivity contribution in [1.82, 2.24) is 15.1 Å². The molecular formula is C17H23N3O3. The molecule has 1 atom stereocenters. The Balaban J connectivity index is 1.93. The molecule has 6 nitrogen and oxygen atoms in total. The van der Waals surface area contributed by atoms with Crippen LogP contribution in [0.2, 0.25) is 0 Å². The molecule has 0 aromatic heterocycles. The molecule has 0 aliphatic carbocycles. The molecule has 0 spiro atoms. The van der Waals surface area contributed by atoms with E-state index in [9.17, 15) is 14.4 Å². The normalized spacial score (nSPS) is 17.3. The van der Waals surface area contributed by atoms with Gasteiger partial charge in [0.05, 0.1) is 0 Å². The van der Waals surface area contributed by atoms with Gasteiger partial charge in [-0.05, 0) is 32.3 Å². The van der Waals surface area contributed by atoms with Gasteiger partial charge in [-0.3, -0.25) is 14.5 Å². The zero-order chi connectivity index (χ0) is 16.8. The average Bonchev–Trinajstić information content (AvgIpc) is 2.82. The molecule has 124 valence electrons. The highest BCUT2D eigenvalue weighted by atomic mass is 16.2. The molecular weight excluding hydrogens is 294 g/mol. The number of amides is 4. The van der Waals surface area contributed by atoms with E-state index in [1.165, 1.54) is 0 Å². The molecule has 0 unspecified atom stereocenters. The van der Waals surface area contributed by atoms with Crippen molar-refractivity contribution in [1.29, 1.82) is 0 Å². The molecule has 23 heavy (non-hydrogen) atoms. The molecule has 0 radical (unpaired) electrons. The smallest absolute Gasteiger partial charge is 0.325 e. The molecule has 1 fully saturated rings. The number of imide groups is 1. The Kier molecular flexibility index (Phi) is 5.73. The van der Waals surface area contributed by atoms with Crippen LogP contribution in [0.5, 0.6) is 0 Å². The Bertz CT molecular complexity index is 570. The summed E-state index contributed by atoms with van der Waals surface area (Å²) in [6.07, 6.45) is 1.24.